The summed E-state index contributed by atoms with van der Waals surface area (Å²) in [6.45, 7) is 11.0. The number of amides is 3. The fourth-order valence-electron chi connectivity index (χ4n) is 3.13. The van der Waals surface area contributed by atoms with Gasteiger partial charge in [0, 0.05) is 45.2 Å². The van der Waals surface area contributed by atoms with E-state index in [-0.39, 0.29) is 17.4 Å². The molecule has 1 saturated heterocycles. The van der Waals surface area contributed by atoms with Gasteiger partial charge >= 0.3 is 6.03 Å². The van der Waals surface area contributed by atoms with Crippen LogP contribution in [0.2, 0.25) is 0 Å². The van der Waals surface area contributed by atoms with E-state index in [0.717, 1.165) is 11.9 Å². The van der Waals surface area contributed by atoms with Gasteiger partial charge in [-0.2, -0.15) is 0 Å². The van der Waals surface area contributed by atoms with Crippen molar-refractivity contribution in [2.75, 3.05) is 32.7 Å². The Balaban J connectivity index is 1.62. The highest BCUT2D eigenvalue weighted by molar-refractivity contribution is 5.97. The Kier molecular flexibility index (Phi) is 5.39. The van der Waals surface area contributed by atoms with E-state index in [1.54, 1.807) is 28.9 Å². The molecule has 3 amide bonds. The van der Waals surface area contributed by atoms with Gasteiger partial charge in [0.25, 0.3) is 5.91 Å². The van der Waals surface area contributed by atoms with Gasteiger partial charge < -0.3 is 19.5 Å². The SMILES string of the molecule is Cc1nc2ccc(C(=O)N3CCCN(C(=O)NCC(C)(C)C)CC3)cc2o1. The topological polar surface area (TPSA) is 78.7 Å². The Hall–Kier alpha value is -2.57. The smallest absolute Gasteiger partial charge is 0.317 e. The van der Waals surface area contributed by atoms with Crippen LogP contribution in [0.4, 0.5) is 4.79 Å². The molecule has 1 aromatic heterocycles. The summed E-state index contributed by atoms with van der Waals surface area (Å²) in [5, 5.41) is 2.98. The molecule has 3 rings (SSSR count). The van der Waals surface area contributed by atoms with E-state index in [0.29, 0.717) is 49.8 Å². The van der Waals surface area contributed by atoms with E-state index in [2.05, 4.69) is 31.1 Å². The molecule has 7 heteroatoms. The van der Waals surface area contributed by atoms with Gasteiger partial charge in [-0.15, -0.1) is 0 Å². The van der Waals surface area contributed by atoms with E-state index < -0.39 is 0 Å². The molecule has 0 spiro atoms. The summed E-state index contributed by atoms with van der Waals surface area (Å²) in [6, 6.07) is 5.28. The third kappa shape index (κ3) is 4.78. The Morgan fingerprint density at radius 1 is 1.15 bits per heavy atom. The number of hydrogen-bond acceptors (Lipinski definition) is 4. The average Bonchev–Trinajstić information content (AvgIpc) is 2.81. The van der Waals surface area contributed by atoms with Crippen LogP contribution in [-0.4, -0.2) is 59.4 Å². The van der Waals surface area contributed by atoms with E-state index in [9.17, 15) is 9.59 Å². The minimum atomic E-state index is -0.0576. The summed E-state index contributed by atoms with van der Waals surface area (Å²) in [5.41, 5.74) is 2.00. The lowest BCUT2D eigenvalue weighted by Crippen LogP contribution is -2.44. The van der Waals surface area contributed by atoms with Gasteiger partial charge in [0.05, 0.1) is 0 Å². The fraction of sp³-hybridized carbons (Fsp3) is 0.550. The van der Waals surface area contributed by atoms with E-state index in [4.69, 9.17) is 4.42 Å². The maximum atomic E-state index is 12.9. The van der Waals surface area contributed by atoms with Gasteiger partial charge in [-0.3, -0.25) is 4.79 Å². The minimum Gasteiger partial charge on any atom is -0.441 e. The molecule has 0 bridgehead atoms. The second-order valence-corrected chi connectivity index (χ2v) is 8.27. The molecular formula is C20H28N4O3. The maximum absolute atomic E-state index is 12.9. The molecule has 1 fully saturated rings. The molecule has 2 aromatic rings. The first-order chi connectivity index (χ1) is 12.7. The molecule has 1 aliphatic rings. The highest BCUT2D eigenvalue weighted by Crippen LogP contribution is 2.19. The molecule has 7 nitrogen and oxygen atoms in total. The third-order valence-corrected chi connectivity index (χ3v) is 4.58. The summed E-state index contributed by atoms with van der Waals surface area (Å²) in [4.78, 5) is 33.1. The Labute approximate surface area is 159 Å². The van der Waals surface area contributed by atoms with Crippen molar-refractivity contribution >= 4 is 23.0 Å². The van der Waals surface area contributed by atoms with Crippen LogP contribution in [0, 0.1) is 12.3 Å². The second kappa shape index (κ2) is 7.58. The van der Waals surface area contributed by atoms with Crippen LogP contribution in [-0.2, 0) is 0 Å². The monoisotopic (exact) mass is 372 g/mol. The number of hydrogen-bond donors (Lipinski definition) is 1. The van der Waals surface area contributed by atoms with Gasteiger partial charge in [-0.1, -0.05) is 20.8 Å². The van der Waals surface area contributed by atoms with Gasteiger partial charge in [0.1, 0.15) is 5.52 Å². The lowest BCUT2D eigenvalue weighted by molar-refractivity contribution is 0.0762. The molecule has 1 aliphatic heterocycles. The molecule has 0 unspecified atom stereocenters. The number of aryl methyl sites for hydroxylation is 1. The van der Waals surface area contributed by atoms with Crippen molar-refractivity contribution in [3.8, 4) is 0 Å². The number of carbonyl (C=O) groups is 2. The number of oxazole rings is 1. The zero-order valence-corrected chi connectivity index (χ0v) is 16.5. The Morgan fingerprint density at radius 3 is 2.59 bits per heavy atom. The predicted octanol–water partition coefficient (Wildman–Crippen LogP) is 3.04. The van der Waals surface area contributed by atoms with Crippen LogP contribution in [0.5, 0.6) is 0 Å². The van der Waals surface area contributed by atoms with Gasteiger partial charge in [0.15, 0.2) is 11.5 Å². The minimum absolute atomic E-state index is 0.0390. The van der Waals surface area contributed by atoms with E-state index >= 15 is 0 Å². The lowest BCUT2D eigenvalue weighted by atomic mass is 9.97. The zero-order chi connectivity index (χ0) is 19.6. The first-order valence-corrected chi connectivity index (χ1v) is 9.42. The molecule has 1 N–H and O–H groups in total. The van der Waals surface area contributed by atoms with Gasteiger partial charge in [-0.25, -0.2) is 9.78 Å². The second-order valence-electron chi connectivity index (χ2n) is 8.27. The number of rotatable bonds is 2. The van der Waals surface area contributed by atoms with E-state index in [1.807, 2.05) is 6.07 Å². The molecule has 0 saturated carbocycles. The normalized spacial score (nSPS) is 15.7. The van der Waals surface area contributed by atoms with Crippen LogP contribution < -0.4 is 5.32 Å². The highest BCUT2D eigenvalue weighted by Gasteiger charge is 2.24. The maximum Gasteiger partial charge on any atom is 0.317 e. The summed E-state index contributed by atoms with van der Waals surface area (Å²) in [5.74, 6) is 0.546. The van der Waals surface area contributed by atoms with Gasteiger partial charge in [-0.05, 0) is 30.0 Å². The quantitative estimate of drug-likeness (QED) is 0.879. The predicted molar refractivity (Wildman–Crippen MR) is 104 cm³/mol. The van der Waals surface area contributed by atoms with Crippen LogP contribution in [0.3, 0.4) is 0 Å². The Bertz CT molecular complexity index is 837. The number of urea groups is 1. The van der Waals surface area contributed by atoms with Crippen molar-refractivity contribution in [2.24, 2.45) is 5.41 Å². The van der Waals surface area contributed by atoms with Crippen molar-refractivity contribution in [3.05, 3.63) is 29.7 Å². The first-order valence-electron chi connectivity index (χ1n) is 9.42. The zero-order valence-electron chi connectivity index (χ0n) is 16.5. The van der Waals surface area contributed by atoms with Crippen LogP contribution in [0.25, 0.3) is 11.1 Å². The number of aromatic nitrogens is 1. The number of nitrogens with one attached hydrogen (secondary N) is 1. The molecule has 0 aliphatic carbocycles. The molecule has 146 valence electrons. The average molecular weight is 372 g/mol. The standard InChI is InChI=1S/C20H28N4O3/c1-14-22-16-7-6-15(12-17(16)27-14)18(25)23-8-5-9-24(11-10-23)19(26)21-13-20(2,3)4/h6-7,12H,5,8-11,13H2,1-4H3,(H,21,26). The first kappa shape index (κ1) is 19.2. The largest absolute Gasteiger partial charge is 0.441 e. The number of carbonyl (C=O) groups excluding carboxylic acids is 2. The van der Waals surface area contributed by atoms with Crippen molar-refractivity contribution in [1.29, 1.82) is 0 Å². The van der Waals surface area contributed by atoms with Crippen molar-refractivity contribution in [2.45, 2.75) is 34.1 Å². The van der Waals surface area contributed by atoms with Gasteiger partial charge in [0.2, 0.25) is 0 Å². The number of benzene rings is 1. The van der Waals surface area contributed by atoms with Crippen molar-refractivity contribution in [1.82, 2.24) is 20.1 Å². The molecule has 2 heterocycles. The molecular weight excluding hydrogens is 344 g/mol. The molecule has 0 atom stereocenters. The van der Waals surface area contributed by atoms with Crippen LogP contribution in [0.1, 0.15) is 43.4 Å². The fourth-order valence-corrected chi connectivity index (χ4v) is 3.13. The number of nitrogens with zero attached hydrogens (tertiary/aromatic N) is 3. The lowest BCUT2D eigenvalue weighted by Gasteiger charge is -2.25. The van der Waals surface area contributed by atoms with Crippen LogP contribution in [0.15, 0.2) is 22.6 Å². The third-order valence-electron chi connectivity index (χ3n) is 4.58. The van der Waals surface area contributed by atoms with E-state index in [1.165, 1.54) is 0 Å². The van der Waals surface area contributed by atoms with Crippen molar-refractivity contribution < 1.29 is 14.0 Å². The summed E-state index contributed by atoms with van der Waals surface area (Å²) in [6.07, 6.45) is 0.762. The number of fused-ring (bicyclic) bond motifs is 1. The summed E-state index contributed by atoms with van der Waals surface area (Å²) < 4.78 is 5.53. The molecule has 0 radical (unpaired) electrons. The molecule has 1 aromatic carbocycles. The van der Waals surface area contributed by atoms with Crippen molar-refractivity contribution in [3.63, 3.8) is 0 Å². The molecule has 27 heavy (non-hydrogen) atoms. The summed E-state index contributed by atoms with van der Waals surface area (Å²) in [7, 11) is 0. The Morgan fingerprint density at radius 2 is 1.85 bits per heavy atom. The van der Waals surface area contributed by atoms with Crippen LogP contribution >= 0.6 is 0 Å². The summed E-state index contributed by atoms with van der Waals surface area (Å²) >= 11 is 0. The highest BCUT2D eigenvalue weighted by atomic mass is 16.3.